The largest absolute Gasteiger partial charge is 0.395 e. The summed E-state index contributed by atoms with van der Waals surface area (Å²) in [7, 11) is 0. The normalized spacial score (nSPS) is 10.0. The monoisotopic (exact) mass is 297 g/mol. The Morgan fingerprint density at radius 3 is 2.81 bits per heavy atom. The number of benzene rings is 1. The Hall–Kier alpha value is -1.76. The molecule has 0 saturated heterocycles. The van der Waals surface area contributed by atoms with E-state index in [9.17, 15) is 0 Å². The van der Waals surface area contributed by atoms with E-state index in [1.807, 2.05) is 19.1 Å². The highest BCUT2D eigenvalue weighted by molar-refractivity contribution is 7.98. The van der Waals surface area contributed by atoms with Gasteiger partial charge in [0.15, 0.2) is 0 Å². The molecule has 1 N–H and O–H groups in total. The molecular formula is C18H19NOS. The lowest BCUT2D eigenvalue weighted by atomic mass is 10.1. The molecule has 2 aromatic rings. The molecule has 0 aliphatic carbocycles. The molecule has 21 heavy (non-hydrogen) atoms. The summed E-state index contributed by atoms with van der Waals surface area (Å²) >= 11 is 1.74. The van der Waals surface area contributed by atoms with Crippen LogP contribution in [0, 0.1) is 25.7 Å². The fourth-order valence-corrected chi connectivity index (χ4v) is 2.97. The fraction of sp³-hybridized carbons (Fsp3) is 0.278. The van der Waals surface area contributed by atoms with Crippen molar-refractivity contribution in [1.29, 1.82) is 0 Å². The molecule has 0 aliphatic heterocycles. The summed E-state index contributed by atoms with van der Waals surface area (Å²) in [4.78, 5) is 4.54. The molecule has 1 aromatic carbocycles. The SMILES string of the molecule is Cc1cc(C)nc(SCc2cccc(C#CCCO)c2)c1. The maximum atomic E-state index is 8.74. The highest BCUT2D eigenvalue weighted by Gasteiger charge is 2.00. The Bertz CT molecular complexity index is 650. The van der Waals surface area contributed by atoms with Gasteiger partial charge in [0.1, 0.15) is 0 Å². The van der Waals surface area contributed by atoms with E-state index < -0.39 is 0 Å². The van der Waals surface area contributed by atoms with Crippen molar-refractivity contribution in [3.8, 4) is 11.8 Å². The van der Waals surface area contributed by atoms with Gasteiger partial charge < -0.3 is 5.11 Å². The molecule has 0 atom stereocenters. The summed E-state index contributed by atoms with van der Waals surface area (Å²) < 4.78 is 0. The first kappa shape index (κ1) is 15.6. The van der Waals surface area contributed by atoms with E-state index in [0.29, 0.717) is 6.42 Å². The second-order valence-corrected chi connectivity index (χ2v) is 5.88. The minimum Gasteiger partial charge on any atom is -0.395 e. The zero-order valence-corrected chi connectivity index (χ0v) is 13.2. The van der Waals surface area contributed by atoms with Gasteiger partial charge in [0, 0.05) is 23.4 Å². The third kappa shape index (κ3) is 5.26. The lowest BCUT2D eigenvalue weighted by molar-refractivity contribution is 0.305. The molecule has 3 heteroatoms. The number of aryl methyl sites for hydroxylation is 2. The van der Waals surface area contributed by atoms with Gasteiger partial charge >= 0.3 is 0 Å². The first-order valence-electron chi connectivity index (χ1n) is 6.94. The van der Waals surface area contributed by atoms with E-state index in [-0.39, 0.29) is 6.61 Å². The molecule has 0 saturated carbocycles. The van der Waals surface area contributed by atoms with Gasteiger partial charge in [-0.3, -0.25) is 0 Å². The summed E-state index contributed by atoms with van der Waals surface area (Å²) in [5.74, 6) is 6.90. The third-order valence-corrected chi connectivity index (χ3v) is 3.84. The summed E-state index contributed by atoms with van der Waals surface area (Å²) in [6, 6.07) is 12.4. The third-order valence-electron chi connectivity index (χ3n) is 2.86. The topological polar surface area (TPSA) is 33.1 Å². The molecule has 1 aromatic heterocycles. The summed E-state index contributed by atoms with van der Waals surface area (Å²) in [6.45, 7) is 4.23. The smallest absolute Gasteiger partial charge is 0.0968 e. The van der Waals surface area contributed by atoms with Crippen LogP contribution in [0.2, 0.25) is 0 Å². The molecule has 0 aliphatic rings. The molecule has 1 heterocycles. The number of pyridine rings is 1. The minimum absolute atomic E-state index is 0.112. The average molecular weight is 297 g/mol. The molecule has 0 amide bonds. The Balaban J connectivity index is 2.03. The molecule has 0 bridgehead atoms. The number of hydrogen-bond acceptors (Lipinski definition) is 3. The number of nitrogens with zero attached hydrogens (tertiary/aromatic N) is 1. The van der Waals surface area contributed by atoms with Crippen LogP contribution in [0.3, 0.4) is 0 Å². The average Bonchev–Trinajstić information content (AvgIpc) is 2.45. The van der Waals surface area contributed by atoms with Crippen LogP contribution in [-0.4, -0.2) is 16.7 Å². The molecule has 0 radical (unpaired) electrons. The molecule has 2 rings (SSSR count). The van der Waals surface area contributed by atoms with Crippen LogP contribution in [0.15, 0.2) is 41.4 Å². The van der Waals surface area contributed by atoms with Crippen LogP contribution in [0.1, 0.15) is 28.8 Å². The molecule has 2 nitrogen and oxygen atoms in total. The van der Waals surface area contributed by atoms with Crippen molar-refractivity contribution in [3.63, 3.8) is 0 Å². The second kappa shape index (κ2) is 7.87. The number of aliphatic hydroxyl groups excluding tert-OH is 1. The summed E-state index contributed by atoms with van der Waals surface area (Å²) in [6.07, 6.45) is 0.519. The lowest BCUT2D eigenvalue weighted by Crippen LogP contribution is -1.88. The molecule has 0 spiro atoms. The molecule has 108 valence electrons. The first-order chi connectivity index (χ1) is 10.2. The van der Waals surface area contributed by atoms with Gasteiger partial charge in [0.25, 0.3) is 0 Å². The van der Waals surface area contributed by atoms with E-state index in [1.165, 1.54) is 11.1 Å². The molecular weight excluding hydrogens is 278 g/mol. The standard InChI is InChI=1S/C18H19NOS/c1-14-10-15(2)19-18(11-14)21-13-17-8-5-7-16(12-17)6-3-4-9-20/h5,7-8,10-12,20H,4,9,13H2,1-2H3. The lowest BCUT2D eigenvalue weighted by Gasteiger charge is -2.04. The van der Waals surface area contributed by atoms with Crippen molar-refractivity contribution in [2.24, 2.45) is 0 Å². The highest BCUT2D eigenvalue weighted by atomic mass is 32.2. The van der Waals surface area contributed by atoms with Gasteiger partial charge in [-0.1, -0.05) is 24.0 Å². The maximum Gasteiger partial charge on any atom is 0.0968 e. The highest BCUT2D eigenvalue weighted by Crippen LogP contribution is 2.22. The van der Waals surface area contributed by atoms with E-state index in [2.05, 4.69) is 48.0 Å². The van der Waals surface area contributed by atoms with Crippen LogP contribution >= 0.6 is 11.8 Å². The second-order valence-electron chi connectivity index (χ2n) is 4.89. The van der Waals surface area contributed by atoms with Crippen molar-refractivity contribution < 1.29 is 5.11 Å². The number of rotatable bonds is 4. The maximum absolute atomic E-state index is 8.74. The fourth-order valence-electron chi connectivity index (χ4n) is 1.99. The predicted octanol–water partition coefficient (Wildman–Crippen LogP) is 3.72. The van der Waals surface area contributed by atoms with Gasteiger partial charge in [-0.15, -0.1) is 11.8 Å². The van der Waals surface area contributed by atoms with E-state index in [0.717, 1.165) is 22.0 Å². The Labute approximate surface area is 130 Å². The minimum atomic E-state index is 0.112. The van der Waals surface area contributed by atoms with E-state index in [1.54, 1.807) is 11.8 Å². The molecule has 0 fully saturated rings. The quantitative estimate of drug-likeness (QED) is 0.689. The van der Waals surface area contributed by atoms with E-state index in [4.69, 9.17) is 5.11 Å². The number of aromatic nitrogens is 1. The van der Waals surface area contributed by atoms with Gasteiger partial charge in [0.05, 0.1) is 11.6 Å². The van der Waals surface area contributed by atoms with Crippen LogP contribution in [0.4, 0.5) is 0 Å². The van der Waals surface area contributed by atoms with Crippen LogP contribution in [-0.2, 0) is 5.75 Å². The Kier molecular flexibility index (Phi) is 5.86. The van der Waals surface area contributed by atoms with Gasteiger partial charge in [0.2, 0.25) is 0 Å². The number of hydrogen-bond donors (Lipinski definition) is 1. The Morgan fingerprint density at radius 1 is 1.19 bits per heavy atom. The Morgan fingerprint density at radius 2 is 2.05 bits per heavy atom. The molecule has 0 unspecified atom stereocenters. The zero-order valence-electron chi connectivity index (χ0n) is 12.4. The number of thioether (sulfide) groups is 1. The predicted molar refractivity (Wildman–Crippen MR) is 88.3 cm³/mol. The zero-order chi connectivity index (χ0) is 15.1. The summed E-state index contributed by atoms with van der Waals surface area (Å²) in [5.41, 5.74) is 4.53. The van der Waals surface area contributed by atoms with Gasteiger partial charge in [-0.05, 0) is 49.2 Å². The van der Waals surface area contributed by atoms with Crippen molar-refractivity contribution in [2.45, 2.75) is 31.0 Å². The van der Waals surface area contributed by atoms with Gasteiger partial charge in [-0.2, -0.15) is 0 Å². The van der Waals surface area contributed by atoms with Crippen LogP contribution < -0.4 is 0 Å². The summed E-state index contributed by atoms with van der Waals surface area (Å²) in [5, 5.41) is 9.80. The van der Waals surface area contributed by atoms with Crippen molar-refractivity contribution >= 4 is 11.8 Å². The first-order valence-corrected chi connectivity index (χ1v) is 7.93. The van der Waals surface area contributed by atoms with E-state index >= 15 is 0 Å². The van der Waals surface area contributed by atoms with Gasteiger partial charge in [-0.25, -0.2) is 4.98 Å². The van der Waals surface area contributed by atoms with Crippen molar-refractivity contribution in [3.05, 3.63) is 58.8 Å². The van der Waals surface area contributed by atoms with Crippen LogP contribution in [0.5, 0.6) is 0 Å². The van der Waals surface area contributed by atoms with Crippen molar-refractivity contribution in [2.75, 3.05) is 6.61 Å². The van der Waals surface area contributed by atoms with Crippen LogP contribution in [0.25, 0.3) is 0 Å². The number of aliphatic hydroxyl groups is 1. The van der Waals surface area contributed by atoms with Crippen molar-refractivity contribution in [1.82, 2.24) is 4.98 Å².